The van der Waals surface area contributed by atoms with Crippen molar-refractivity contribution < 1.29 is 17.9 Å². The molecule has 0 aliphatic rings. The van der Waals surface area contributed by atoms with Crippen LogP contribution in [0.3, 0.4) is 0 Å². The van der Waals surface area contributed by atoms with Crippen LogP contribution in [-0.2, 0) is 10.0 Å². The molecule has 31 heavy (non-hydrogen) atoms. The van der Waals surface area contributed by atoms with Gasteiger partial charge in [-0.2, -0.15) is 0 Å². The molecular weight excluding hydrogens is 414 g/mol. The fraction of sp³-hybridized carbons (Fsp3) is 0.261. The number of ether oxygens (including phenoxy) is 1. The molecule has 0 fully saturated rings. The van der Waals surface area contributed by atoms with Gasteiger partial charge in [0, 0.05) is 30.2 Å². The van der Waals surface area contributed by atoms with Crippen molar-refractivity contribution in [1.82, 2.24) is 9.47 Å². The van der Waals surface area contributed by atoms with Crippen LogP contribution < -0.4 is 9.88 Å². The van der Waals surface area contributed by atoms with Gasteiger partial charge >= 0.3 is 0 Å². The van der Waals surface area contributed by atoms with E-state index in [9.17, 15) is 13.2 Å². The minimum atomic E-state index is -3.82. The Balaban J connectivity index is 1.94. The molecule has 0 aliphatic carbocycles. The summed E-state index contributed by atoms with van der Waals surface area (Å²) in [7, 11) is -0.501. The van der Waals surface area contributed by atoms with Crippen molar-refractivity contribution in [2.75, 3.05) is 14.2 Å². The number of hydrogen-bond donors (Lipinski definition) is 1. The lowest BCUT2D eigenvalue weighted by Gasteiger charge is -2.26. The molecule has 164 valence electrons. The van der Waals surface area contributed by atoms with Gasteiger partial charge in [0.2, 0.25) is 10.0 Å². The topological polar surface area (TPSA) is 94.6 Å². The van der Waals surface area contributed by atoms with Crippen LogP contribution in [0, 0.1) is 13.8 Å². The Hall–Kier alpha value is -3.10. The third-order valence-electron chi connectivity index (χ3n) is 5.54. The molecule has 1 amide bonds. The molecular formula is C23H27N3O4S. The van der Waals surface area contributed by atoms with E-state index < -0.39 is 10.0 Å². The fourth-order valence-electron chi connectivity index (χ4n) is 3.67. The number of hydrogen-bond acceptors (Lipinski definition) is 4. The number of aryl methyl sites for hydroxylation is 1. The molecule has 0 spiro atoms. The van der Waals surface area contributed by atoms with Gasteiger partial charge in [-0.3, -0.25) is 4.79 Å². The Bertz CT molecular complexity index is 1230. The number of benzene rings is 2. The number of rotatable bonds is 6. The van der Waals surface area contributed by atoms with E-state index in [0.717, 1.165) is 22.8 Å². The molecule has 2 N–H and O–H groups in total. The lowest BCUT2D eigenvalue weighted by atomic mass is 10.1. The number of aromatic nitrogens is 1. The molecule has 0 aliphatic heterocycles. The number of primary sulfonamides is 1. The average molecular weight is 442 g/mol. The Morgan fingerprint density at radius 1 is 1.10 bits per heavy atom. The fourth-order valence-corrected chi connectivity index (χ4v) is 4.24. The summed E-state index contributed by atoms with van der Waals surface area (Å²) in [5, 5.41) is 5.25. The molecule has 1 aromatic heterocycles. The summed E-state index contributed by atoms with van der Waals surface area (Å²) < 4.78 is 30.7. The van der Waals surface area contributed by atoms with Gasteiger partial charge in [-0.05, 0) is 56.7 Å². The van der Waals surface area contributed by atoms with Gasteiger partial charge in [-0.1, -0.05) is 18.2 Å². The Kier molecular flexibility index (Phi) is 6.24. The normalized spacial score (nSPS) is 12.5. The van der Waals surface area contributed by atoms with Crippen LogP contribution in [0.25, 0.3) is 5.69 Å². The predicted molar refractivity (Wildman–Crippen MR) is 120 cm³/mol. The Morgan fingerprint density at radius 2 is 1.77 bits per heavy atom. The monoisotopic (exact) mass is 441 g/mol. The van der Waals surface area contributed by atoms with Crippen LogP contribution in [-0.4, -0.2) is 37.9 Å². The summed E-state index contributed by atoms with van der Waals surface area (Å²) in [6.07, 6.45) is 0. The van der Waals surface area contributed by atoms with Gasteiger partial charge < -0.3 is 14.2 Å². The third-order valence-corrected chi connectivity index (χ3v) is 6.45. The smallest absolute Gasteiger partial charge is 0.255 e. The summed E-state index contributed by atoms with van der Waals surface area (Å²) in [5.74, 6) is 0.578. The molecule has 0 saturated heterocycles. The number of sulfonamides is 1. The van der Waals surface area contributed by atoms with E-state index in [1.165, 1.54) is 12.1 Å². The highest BCUT2D eigenvalue weighted by Crippen LogP contribution is 2.27. The average Bonchev–Trinajstić information content (AvgIpc) is 3.05. The summed E-state index contributed by atoms with van der Waals surface area (Å²) in [6, 6.07) is 15.5. The zero-order valence-electron chi connectivity index (χ0n) is 18.3. The second-order valence-corrected chi connectivity index (χ2v) is 9.09. The highest BCUT2D eigenvalue weighted by molar-refractivity contribution is 7.89. The summed E-state index contributed by atoms with van der Waals surface area (Å²) in [5.41, 5.74) is 3.91. The van der Waals surface area contributed by atoms with Crippen LogP contribution in [0.2, 0.25) is 0 Å². The van der Waals surface area contributed by atoms with Crippen molar-refractivity contribution in [2.24, 2.45) is 5.14 Å². The van der Waals surface area contributed by atoms with Crippen LogP contribution >= 0.6 is 0 Å². The van der Waals surface area contributed by atoms with Gasteiger partial charge in [0.15, 0.2) is 0 Å². The maximum atomic E-state index is 13.3. The molecule has 2 aromatic carbocycles. The van der Waals surface area contributed by atoms with Gasteiger partial charge in [-0.15, -0.1) is 0 Å². The SMILES string of the molecule is COc1cccc(-n2c(C)cc(C(=O)N(C)C(C)c3cccc(S(N)(=O)=O)c3)c2C)c1. The van der Waals surface area contributed by atoms with Crippen LogP contribution in [0.5, 0.6) is 5.75 Å². The Morgan fingerprint density at radius 3 is 2.42 bits per heavy atom. The van der Waals surface area contributed by atoms with Crippen molar-refractivity contribution in [3.8, 4) is 11.4 Å². The molecule has 3 rings (SSSR count). The van der Waals surface area contributed by atoms with Gasteiger partial charge in [0.1, 0.15) is 5.75 Å². The minimum Gasteiger partial charge on any atom is -0.497 e. The van der Waals surface area contributed by atoms with Gasteiger partial charge in [-0.25, -0.2) is 13.6 Å². The van der Waals surface area contributed by atoms with E-state index in [4.69, 9.17) is 9.88 Å². The van der Waals surface area contributed by atoms with E-state index in [2.05, 4.69) is 0 Å². The van der Waals surface area contributed by atoms with Crippen molar-refractivity contribution in [2.45, 2.75) is 31.7 Å². The standard InChI is InChI=1S/C23H27N3O4S/c1-15-12-22(17(3)26(15)19-9-7-10-20(14-19)30-5)23(27)25(4)16(2)18-8-6-11-21(13-18)31(24,28)29/h6-14,16H,1-5H3,(H2,24,28,29). The Labute approximate surface area is 183 Å². The summed E-state index contributed by atoms with van der Waals surface area (Å²) in [6.45, 7) is 5.70. The van der Waals surface area contributed by atoms with Crippen LogP contribution in [0.1, 0.15) is 40.3 Å². The lowest BCUT2D eigenvalue weighted by molar-refractivity contribution is 0.0742. The van der Waals surface area contributed by atoms with Crippen molar-refractivity contribution in [1.29, 1.82) is 0 Å². The summed E-state index contributed by atoms with van der Waals surface area (Å²) >= 11 is 0. The van der Waals surface area contributed by atoms with Crippen LogP contribution in [0.15, 0.2) is 59.5 Å². The van der Waals surface area contributed by atoms with Crippen LogP contribution in [0.4, 0.5) is 0 Å². The van der Waals surface area contributed by atoms with E-state index in [1.54, 1.807) is 31.2 Å². The molecule has 0 saturated carbocycles. The van der Waals surface area contributed by atoms with E-state index in [1.807, 2.05) is 55.7 Å². The highest BCUT2D eigenvalue weighted by atomic mass is 32.2. The molecule has 1 heterocycles. The molecule has 0 radical (unpaired) electrons. The number of nitrogens with two attached hydrogens (primary N) is 1. The first-order valence-corrected chi connectivity index (χ1v) is 11.3. The number of nitrogens with zero attached hydrogens (tertiary/aromatic N) is 2. The largest absolute Gasteiger partial charge is 0.497 e. The summed E-state index contributed by atoms with van der Waals surface area (Å²) in [4.78, 5) is 14.9. The van der Waals surface area contributed by atoms with Crippen molar-refractivity contribution >= 4 is 15.9 Å². The molecule has 0 bridgehead atoms. The van der Waals surface area contributed by atoms with E-state index >= 15 is 0 Å². The zero-order valence-corrected chi connectivity index (χ0v) is 19.1. The van der Waals surface area contributed by atoms with Crippen molar-refractivity contribution in [3.05, 3.63) is 77.1 Å². The number of carbonyl (C=O) groups is 1. The first-order valence-electron chi connectivity index (χ1n) is 9.78. The molecule has 3 aromatic rings. The number of amides is 1. The molecule has 1 unspecified atom stereocenters. The second kappa shape index (κ2) is 8.56. The van der Waals surface area contributed by atoms with Gasteiger partial charge in [0.05, 0.1) is 23.6 Å². The van der Waals surface area contributed by atoms with Crippen molar-refractivity contribution in [3.63, 3.8) is 0 Å². The second-order valence-electron chi connectivity index (χ2n) is 7.53. The number of methoxy groups -OCH3 is 1. The van der Waals surface area contributed by atoms with E-state index in [0.29, 0.717) is 11.1 Å². The first kappa shape index (κ1) is 22.6. The predicted octanol–water partition coefficient (Wildman–Crippen LogP) is 3.58. The maximum absolute atomic E-state index is 13.3. The van der Waals surface area contributed by atoms with Gasteiger partial charge in [0.25, 0.3) is 5.91 Å². The number of carbonyl (C=O) groups excluding carboxylic acids is 1. The molecule has 1 atom stereocenters. The molecule has 7 nitrogen and oxygen atoms in total. The first-order chi connectivity index (χ1) is 14.5. The highest BCUT2D eigenvalue weighted by Gasteiger charge is 2.24. The zero-order chi connectivity index (χ0) is 22.9. The van der Waals surface area contributed by atoms with E-state index in [-0.39, 0.29) is 16.8 Å². The third kappa shape index (κ3) is 4.50. The lowest BCUT2D eigenvalue weighted by Crippen LogP contribution is -2.30. The molecule has 8 heteroatoms. The minimum absolute atomic E-state index is 0.0221. The maximum Gasteiger partial charge on any atom is 0.255 e. The quantitative estimate of drug-likeness (QED) is 0.632.